The van der Waals surface area contributed by atoms with Crippen LogP contribution in [0.4, 0.5) is 5.00 Å². The van der Waals surface area contributed by atoms with E-state index in [4.69, 9.17) is 0 Å². The third kappa shape index (κ3) is 2.65. The number of hydrogen-bond acceptors (Lipinski definition) is 6. The number of thiophene rings is 1. The van der Waals surface area contributed by atoms with Gasteiger partial charge in [-0.05, 0) is 18.2 Å². The van der Waals surface area contributed by atoms with Crippen molar-refractivity contribution in [2.75, 3.05) is 0 Å². The maximum Gasteiger partial charge on any atom is 0.324 e. The van der Waals surface area contributed by atoms with Crippen LogP contribution in [-0.4, -0.2) is 23.5 Å². The molecule has 2 atom stereocenters. The molecule has 0 radical (unpaired) electrons. The van der Waals surface area contributed by atoms with Crippen molar-refractivity contribution in [3.63, 3.8) is 0 Å². The van der Waals surface area contributed by atoms with Crippen molar-refractivity contribution in [1.82, 2.24) is 4.31 Å². The predicted octanol–water partition coefficient (Wildman–Crippen LogP) is 3.50. The van der Waals surface area contributed by atoms with Crippen LogP contribution in [0.1, 0.15) is 10.8 Å². The quantitative estimate of drug-likeness (QED) is 0.593. The van der Waals surface area contributed by atoms with Gasteiger partial charge in [0.15, 0.2) is 0 Å². The number of amidine groups is 1. The Morgan fingerprint density at radius 2 is 1.85 bits per heavy atom. The molecular weight excluding hydrogens is 374 g/mol. The molecule has 3 heterocycles. The molecule has 0 amide bonds. The van der Waals surface area contributed by atoms with Crippen LogP contribution in [0.2, 0.25) is 0 Å². The zero-order chi connectivity index (χ0) is 18.3. The molecule has 0 fully saturated rings. The molecule has 4 rings (SSSR count). The van der Waals surface area contributed by atoms with Gasteiger partial charge in [-0.1, -0.05) is 41.7 Å². The summed E-state index contributed by atoms with van der Waals surface area (Å²) in [5, 5.41) is 11.0. The van der Waals surface area contributed by atoms with E-state index in [1.807, 2.05) is 6.08 Å². The summed E-state index contributed by atoms with van der Waals surface area (Å²) in [5.74, 6) is -0.0671. The maximum absolute atomic E-state index is 12.9. The molecule has 2 aliphatic rings. The molecule has 0 spiro atoms. The highest BCUT2D eigenvalue weighted by Gasteiger charge is 2.39. The topological polar surface area (TPSA) is 92.9 Å². The summed E-state index contributed by atoms with van der Waals surface area (Å²) >= 11 is 1.09. The standard InChI is InChI=1S/C17H13N3O4S2/c21-20(22)16-7-6-15(25-16)13-8-10-18-17-14(13)9-11-19(17)26(23,24)12-4-2-1-3-5-12/h1-11,13-14H. The first-order valence-electron chi connectivity index (χ1n) is 7.75. The number of allylic oxidation sites excluding steroid dienone is 1. The van der Waals surface area contributed by atoms with Crippen LogP contribution in [0, 0.1) is 16.0 Å². The lowest BCUT2D eigenvalue weighted by atomic mass is 9.89. The highest BCUT2D eigenvalue weighted by atomic mass is 32.2. The molecule has 2 unspecified atom stereocenters. The van der Waals surface area contributed by atoms with Gasteiger partial charge < -0.3 is 0 Å². The molecule has 7 nitrogen and oxygen atoms in total. The SMILES string of the molecule is O=[N+]([O-])c1ccc(C2C=CN=C3C2C=CN3S(=O)(=O)c2ccccc2)s1. The maximum atomic E-state index is 12.9. The summed E-state index contributed by atoms with van der Waals surface area (Å²) < 4.78 is 27.0. The number of aliphatic imine (C=N–C) groups is 1. The van der Waals surface area contributed by atoms with Crippen molar-refractivity contribution < 1.29 is 13.3 Å². The summed E-state index contributed by atoms with van der Waals surface area (Å²) in [6.07, 6.45) is 6.68. The number of sulfonamides is 1. The van der Waals surface area contributed by atoms with Gasteiger partial charge in [-0.2, -0.15) is 0 Å². The van der Waals surface area contributed by atoms with Crippen LogP contribution in [0.5, 0.6) is 0 Å². The Balaban J connectivity index is 1.67. The molecule has 2 aliphatic heterocycles. The molecule has 2 aromatic rings. The van der Waals surface area contributed by atoms with Gasteiger partial charge in [-0.15, -0.1) is 0 Å². The van der Waals surface area contributed by atoms with Crippen LogP contribution in [0.25, 0.3) is 0 Å². The van der Waals surface area contributed by atoms with E-state index in [-0.39, 0.29) is 21.7 Å². The van der Waals surface area contributed by atoms with Crippen molar-refractivity contribution in [2.45, 2.75) is 10.8 Å². The van der Waals surface area contributed by atoms with E-state index in [1.165, 1.54) is 28.7 Å². The molecule has 0 saturated heterocycles. The van der Waals surface area contributed by atoms with Crippen molar-refractivity contribution >= 4 is 32.2 Å². The van der Waals surface area contributed by atoms with E-state index in [0.29, 0.717) is 5.84 Å². The fourth-order valence-corrected chi connectivity index (χ4v) is 5.36. The minimum Gasteiger partial charge on any atom is -0.258 e. The molecule has 26 heavy (non-hydrogen) atoms. The summed E-state index contributed by atoms with van der Waals surface area (Å²) in [6.45, 7) is 0. The fraction of sp³-hybridized carbons (Fsp3) is 0.118. The number of nitrogens with zero attached hydrogens (tertiary/aromatic N) is 3. The number of fused-ring (bicyclic) bond motifs is 1. The molecule has 0 N–H and O–H groups in total. The summed E-state index contributed by atoms with van der Waals surface area (Å²) in [7, 11) is -3.75. The predicted molar refractivity (Wildman–Crippen MR) is 98.4 cm³/mol. The zero-order valence-electron chi connectivity index (χ0n) is 13.3. The van der Waals surface area contributed by atoms with Crippen LogP contribution in [-0.2, 0) is 10.0 Å². The second kappa shape index (κ2) is 6.19. The van der Waals surface area contributed by atoms with Crippen molar-refractivity contribution in [1.29, 1.82) is 0 Å². The lowest BCUT2D eigenvalue weighted by Crippen LogP contribution is -2.34. The highest BCUT2D eigenvalue weighted by molar-refractivity contribution is 7.89. The second-order valence-electron chi connectivity index (χ2n) is 5.77. The lowest BCUT2D eigenvalue weighted by Gasteiger charge is -2.26. The summed E-state index contributed by atoms with van der Waals surface area (Å²) in [6, 6.07) is 11.3. The van der Waals surface area contributed by atoms with Crippen LogP contribution in [0.15, 0.2) is 76.9 Å². The van der Waals surface area contributed by atoms with Crippen LogP contribution in [0.3, 0.4) is 0 Å². The fourth-order valence-electron chi connectivity index (χ4n) is 3.04. The molecule has 1 aromatic carbocycles. The monoisotopic (exact) mass is 387 g/mol. The lowest BCUT2D eigenvalue weighted by molar-refractivity contribution is -0.380. The van der Waals surface area contributed by atoms with Crippen LogP contribution < -0.4 is 0 Å². The average Bonchev–Trinajstić information content (AvgIpc) is 3.30. The van der Waals surface area contributed by atoms with Gasteiger partial charge >= 0.3 is 5.00 Å². The van der Waals surface area contributed by atoms with Gasteiger partial charge in [0.25, 0.3) is 10.0 Å². The molecule has 0 saturated carbocycles. The van der Waals surface area contributed by atoms with Crippen molar-refractivity contribution in [2.24, 2.45) is 10.9 Å². The van der Waals surface area contributed by atoms with E-state index in [1.54, 1.807) is 36.5 Å². The summed E-state index contributed by atoms with van der Waals surface area (Å²) in [5.41, 5.74) is 0. The number of benzene rings is 1. The van der Waals surface area contributed by atoms with Gasteiger partial charge in [0.1, 0.15) is 5.84 Å². The van der Waals surface area contributed by atoms with E-state index in [9.17, 15) is 18.5 Å². The Kier molecular flexibility index (Phi) is 3.97. The van der Waals surface area contributed by atoms with E-state index < -0.39 is 14.9 Å². The smallest absolute Gasteiger partial charge is 0.258 e. The molecule has 1 aromatic heterocycles. The highest BCUT2D eigenvalue weighted by Crippen LogP contribution is 2.41. The number of rotatable bonds is 4. The van der Waals surface area contributed by atoms with Crippen molar-refractivity contribution in [3.8, 4) is 0 Å². The molecule has 0 bridgehead atoms. The zero-order valence-corrected chi connectivity index (χ0v) is 14.9. The van der Waals surface area contributed by atoms with Gasteiger partial charge in [-0.3, -0.25) is 10.1 Å². The first-order chi connectivity index (χ1) is 12.5. The average molecular weight is 387 g/mol. The first-order valence-corrected chi connectivity index (χ1v) is 10.0. The Morgan fingerprint density at radius 3 is 2.54 bits per heavy atom. The molecule has 132 valence electrons. The molecule has 0 aliphatic carbocycles. The van der Waals surface area contributed by atoms with E-state index in [2.05, 4.69) is 4.99 Å². The number of hydrogen-bond donors (Lipinski definition) is 0. The Bertz CT molecular complexity index is 1050. The Hall–Kier alpha value is -2.78. The van der Waals surface area contributed by atoms with Gasteiger partial charge in [-0.25, -0.2) is 17.7 Å². The normalized spacial score (nSPS) is 21.5. The van der Waals surface area contributed by atoms with Gasteiger partial charge in [0.05, 0.1) is 9.82 Å². The van der Waals surface area contributed by atoms with Crippen LogP contribution >= 0.6 is 11.3 Å². The third-order valence-electron chi connectivity index (χ3n) is 4.26. The minimum atomic E-state index is -3.75. The Labute approximate surface area is 153 Å². The number of nitro groups is 1. The largest absolute Gasteiger partial charge is 0.324 e. The van der Waals surface area contributed by atoms with Gasteiger partial charge in [0.2, 0.25) is 0 Å². The summed E-state index contributed by atoms with van der Waals surface area (Å²) in [4.78, 5) is 15.8. The first kappa shape index (κ1) is 16.7. The second-order valence-corrected chi connectivity index (χ2v) is 8.68. The third-order valence-corrected chi connectivity index (χ3v) is 7.09. The minimum absolute atomic E-state index is 0.0631. The molecular formula is C17H13N3O4S2. The molecule has 9 heteroatoms. The Morgan fingerprint density at radius 1 is 1.08 bits per heavy atom. The van der Waals surface area contributed by atoms with Crippen molar-refractivity contribution in [3.05, 3.63) is 82.0 Å². The van der Waals surface area contributed by atoms with E-state index in [0.717, 1.165) is 16.2 Å². The van der Waals surface area contributed by atoms with Gasteiger partial charge in [0, 0.05) is 35.2 Å². The van der Waals surface area contributed by atoms with E-state index >= 15 is 0 Å².